The Morgan fingerprint density at radius 3 is 2.30 bits per heavy atom. The van der Waals surface area contributed by atoms with E-state index in [1.54, 1.807) is 0 Å². The number of rotatable bonds is 4. The van der Waals surface area contributed by atoms with Crippen molar-refractivity contribution >= 4 is 27.8 Å². The van der Waals surface area contributed by atoms with Crippen LogP contribution in [0.15, 0.2) is 28.7 Å². The first kappa shape index (κ1) is 13.6. The summed E-state index contributed by atoms with van der Waals surface area (Å²) in [5, 5.41) is 12.0. The van der Waals surface area contributed by atoms with E-state index in [1.807, 2.05) is 24.3 Å². The average Bonchev–Trinajstić information content (AvgIpc) is 3.15. The van der Waals surface area contributed by atoms with E-state index in [0.717, 1.165) is 29.3 Å². The highest BCUT2D eigenvalue weighted by Gasteiger charge is 2.51. The standard InChI is InChI=1S/C15H16BrNO3/c16-10-4-2-9(3-5-10)15(6-1-7-15)17-13(18)11-8-12(11)14(19)20/h2-5,11-12H,1,6-8H2,(H,17,18)(H,19,20). The van der Waals surface area contributed by atoms with Gasteiger partial charge in [0.05, 0.1) is 17.4 Å². The maximum Gasteiger partial charge on any atom is 0.307 e. The predicted molar refractivity (Wildman–Crippen MR) is 77.0 cm³/mol. The number of carbonyl (C=O) groups is 2. The molecule has 0 heterocycles. The van der Waals surface area contributed by atoms with E-state index in [0.29, 0.717) is 6.42 Å². The molecule has 2 atom stereocenters. The Bertz CT molecular complexity index is 551. The van der Waals surface area contributed by atoms with Crippen molar-refractivity contribution in [2.24, 2.45) is 11.8 Å². The molecule has 0 aromatic heterocycles. The molecule has 4 nitrogen and oxygen atoms in total. The number of carboxylic acid groups (broad SMARTS) is 1. The minimum absolute atomic E-state index is 0.111. The van der Waals surface area contributed by atoms with Crippen LogP contribution in [0, 0.1) is 11.8 Å². The average molecular weight is 338 g/mol. The van der Waals surface area contributed by atoms with Gasteiger partial charge in [-0.3, -0.25) is 9.59 Å². The number of aliphatic carboxylic acids is 1. The summed E-state index contributed by atoms with van der Waals surface area (Å²) in [7, 11) is 0. The van der Waals surface area contributed by atoms with Crippen LogP contribution in [0.4, 0.5) is 0 Å². The minimum Gasteiger partial charge on any atom is -0.481 e. The zero-order chi connectivity index (χ0) is 14.3. The van der Waals surface area contributed by atoms with E-state index in [1.165, 1.54) is 0 Å². The molecular formula is C15H16BrNO3. The van der Waals surface area contributed by atoms with Crippen molar-refractivity contribution in [2.75, 3.05) is 0 Å². The second kappa shape index (κ2) is 4.88. The summed E-state index contributed by atoms with van der Waals surface area (Å²) in [5.74, 6) is -1.81. The number of nitrogens with one attached hydrogen (secondary N) is 1. The smallest absolute Gasteiger partial charge is 0.307 e. The number of carbonyl (C=O) groups excluding carboxylic acids is 1. The quantitative estimate of drug-likeness (QED) is 0.887. The molecule has 2 aliphatic rings. The first-order valence-electron chi connectivity index (χ1n) is 6.83. The van der Waals surface area contributed by atoms with E-state index in [4.69, 9.17) is 5.11 Å². The number of benzene rings is 1. The molecule has 1 aromatic carbocycles. The molecule has 2 aliphatic carbocycles. The molecule has 2 fully saturated rings. The highest BCUT2D eigenvalue weighted by Crippen LogP contribution is 2.44. The second-order valence-corrected chi connectivity index (χ2v) is 6.63. The molecule has 2 unspecified atom stereocenters. The first-order valence-corrected chi connectivity index (χ1v) is 7.62. The maximum absolute atomic E-state index is 12.2. The van der Waals surface area contributed by atoms with Gasteiger partial charge in [0.15, 0.2) is 0 Å². The van der Waals surface area contributed by atoms with Gasteiger partial charge in [0, 0.05) is 4.47 Å². The van der Waals surface area contributed by atoms with Crippen molar-refractivity contribution in [3.63, 3.8) is 0 Å². The predicted octanol–water partition coefficient (Wildman–Crippen LogP) is 2.67. The zero-order valence-corrected chi connectivity index (χ0v) is 12.5. The Kier molecular flexibility index (Phi) is 3.32. The van der Waals surface area contributed by atoms with Crippen LogP contribution in [0.5, 0.6) is 0 Å². The zero-order valence-electron chi connectivity index (χ0n) is 10.9. The summed E-state index contributed by atoms with van der Waals surface area (Å²) in [6.07, 6.45) is 3.40. The van der Waals surface area contributed by atoms with Gasteiger partial charge in [-0.2, -0.15) is 0 Å². The van der Waals surface area contributed by atoms with Gasteiger partial charge in [0.2, 0.25) is 5.91 Å². The van der Waals surface area contributed by atoms with Gasteiger partial charge in [-0.1, -0.05) is 28.1 Å². The maximum atomic E-state index is 12.2. The molecule has 1 aromatic rings. The summed E-state index contributed by atoms with van der Waals surface area (Å²) in [4.78, 5) is 23.0. The summed E-state index contributed by atoms with van der Waals surface area (Å²) in [6.45, 7) is 0. The van der Waals surface area contributed by atoms with Gasteiger partial charge < -0.3 is 10.4 Å². The van der Waals surface area contributed by atoms with E-state index in [9.17, 15) is 9.59 Å². The fourth-order valence-corrected chi connectivity index (χ4v) is 3.14. The lowest BCUT2D eigenvalue weighted by Gasteiger charge is -2.43. The van der Waals surface area contributed by atoms with E-state index in [2.05, 4.69) is 21.2 Å². The number of hydrogen-bond donors (Lipinski definition) is 2. The SMILES string of the molecule is O=C(O)C1CC1C(=O)NC1(c2ccc(Br)cc2)CCC1. The van der Waals surface area contributed by atoms with Crippen LogP contribution < -0.4 is 5.32 Å². The molecule has 0 saturated heterocycles. The third-order valence-electron chi connectivity index (χ3n) is 4.41. The van der Waals surface area contributed by atoms with Gasteiger partial charge in [0.1, 0.15) is 0 Å². The third kappa shape index (κ3) is 2.35. The topological polar surface area (TPSA) is 66.4 Å². The van der Waals surface area contributed by atoms with Crippen LogP contribution >= 0.6 is 15.9 Å². The van der Waals surface area contributed by atoms with Gasteiger partial charge in [-0.25, -0.2) is 0 Å². The molecule has 1 amide bonds. The molecule has 3 rings (SSSR count). The highest BCUT2D eigenvalue weighted by molar-refractivity contribution is 9.10. The van der Waals surface area contributed by atoms with E-state index in [-0.39, 0.29) is 17.4 Å². The van der Waals surface area contributed by atoms with Gasteiger partial charge >= 0.3 is 5.97 Å². The van der Waals surface area contributed by atoms with E-state index >= 15 is 0 Å². The molecule has 5 heteroatoms. The molecule has 0 bridgehead atoms. The summed E-state index contributed by atoms with van der Waals surface area (Å²) >= 11 is 3.41. The Morgan fingerprint density at radius 2 is 1.85 bits per heavy atom. The normalized spacial score (nSPS) is 26.4. The molecular weight excluding hydrogens is 322 g/mol. The largest absolute Gasteiger partial charge is 0.481 e. The Morgan fingerprint density at radius 1 is 1.20 bits per heavy atom. The minimum atomic E-state index is -0.864. The molecule has 0 spiro atoms. The summed E-state index contributed by atoms with van der Waals surface area (Å²) in [5.41, 5.74) is 0.816. The highest BCUT2D eigenvalue weighted by atomic mass is 79.9. The Balaban J connectivity index is 1.72. The first-order chi connectivity index (χ1) is 9.52. The number of carboxylic acids is 1. The lowest BCUT2D eigenvalue weighted by atomic mass is 9.71. The fraction of sp³-hybridized carbons (Fsp3) is 0.467. The molecule has 0 aliphatic heterocycles. The van der Waals surface area contributed by atoms with Crippen LogP contribution in [-0.2, 0) is 15.1 Å². The van der Waals surface area contributed by atoms with Crippen LogP contribution in [-0.4, -0.2) is 17.0 Å². The Hall–Kier alpha value is -1.36. The van der Waals surface area contributed by atoms with Crippen molar-refractivity contribution in [1.82, 2.24) is 5.32 Å². The van der Waals surface area contributed by atoms with Crippen molar-refractivity contribution < 1.29 is 14.7 Å². The van der Waals surface area contributed by atoms with Crippen LogP contribution in [0.25, 0.3) is 0 Å². The summed E-state index contributed by atoms with van der Waals surface area (Å²) in [6, 6.07) is 7.98. The lowest BCUT2D eigenvalue weighted by molar-refractivity contribution is -0.140. The van der Waals surface area contributed by atoms with Gasteiger partial charge in [0.25, 0.3) is 0 Å². The van der Waals surface area contributed by atoms with Gasteiger partial charge in [-0.15, -0.1) is 0 Å². The fourth-order valence-electron chi connectivity index (χ4n) is 2.87. The van der Waals surface area contributed by atoms with E-state index < -0.39 is 11.9 Å². The molecule has 20 heavy (non-hydrogen) atoms. The summed E-state index contributed by atoms with van der Waals surface area (Å²) < 4.78 is 1.01. The van der Waals surface area contributed by atoms with Crippen molar-refractivity contribution in [3.05, 3.63) is 34.3 Å². The van der Waals surface area contributed by atoms with Crippen molar-refractivity contribution in [2.45, 2.75) is 31.2 Å². The molecule has 2 saturated carbocycles. The Labute approximate surface area is 125 Å². The lowest BCUT2D eigenvalue weighted by Crippen LogP contribution is -2.51. The third-order valence-corrected chi connectivity index (χ3v) is 4.94. The van der Waals surface area contributed by atoms with Crippen molar-refractivity contribution in [3.8, 4) is 0 Å². The molecule has 106 valence electrons. The number of amides is 1. The second-order valence-electron chi connectivity index (χ2n) is 5.72. The molecule has 2 N–H and O–H groups in total. The van der Waals surface area contributed by atoms with Crippen LogP contribution in [0.2, 0.25) is 0 Å². The monoisotopic (exact) mass is 337 g/mol. The number of hydrogen-bond acceptors (Lipinski definition) is 2. The van der Waals surface area contributed by atoms with Crippen molar-refractivity contribution in [1.29, 1.82) is 0 Å². The van der Waals surface area contributed by atoms with Gasteiger partial charge in [-0.05, 0) is 43.4 Å². The molecule has 0 radical (unpaired) electrons. The van der Waals surface area contributed by atoms with Crippen LogP contribution in [0.1, 0.15) is 31.2 Å². The van der Waals surface area contributed by atoms with Crippen LogP contribution in [0.3, 0.4) is 0 Å². The number of halogens is 1.